The second kappa shape index (κ2) is 6.06. The topological polar surface area (TPSA) is 60.7 Å². The molecule has 0 bridgehead atoms. The third-order valence-electron chi connectivity index (χ3n) is 2.89. The van der Waals surface area contributed by atoms with Crippen molar-refractivity contribution < 1.29 is 4.79 Å². The minimum Gasteiger partial charge on any atom is -0.292 e. The van der Waals surface area contributed by atoms with E-state index in [1.165, 1.54) is 6.33 Å². The predicted molar refractivity (Wildman–Crippen MR) is 75.0 cm³/mol. The Morgan fingerprint density at radius 3 is 2.79 bits per heavy atom. The maximum absolute atomic E-state index is 12.2. The van der Waals surface area contributed by atoms with E-state index in [1.807, 2.05) is 18.5 Å². The summed E-state index contributed by atoms with van der Waals surface area (Å²) >= 11 is 3.54. The van der Waals surface area contributed by atoms with Crippen LogP contribution in [0.3, 0.4) is 0 Å². The molecule has 5 nitrogen and oxygen atoms in total. The van der Waals surface area contributed by atoms with E-state index >= 15 is 0 Å². The molecule has 0 saturated carbocycles. The third kappa shape index (κ3) is 2.89. The van der Waals surface area contributed by atoms with Crippen molar-refractivity contribution in [3.05, 3.63) is 40.1 Å². The Kier molecular flexibility index (Phi) is 4.42. The van der Waals surface area contributed by atoms with Crippen molar-refractivity contribution in [2.24, 2.45) is 0 Å². The van der Waals surface area contributed by atoms with Crippen molar-refractivity contribution in [1.29, 1.82) is 0 Å². The summed E-state index contributed by atoms with van der Waals surface area (Å²) in [7, 11) is 0. The molecule has 0 amide bonds. The van der Waals surface area contributed by atoms with E-state index in [0.29, 0.717) is 12.1 Å². The van der Waals surface area contributed by atoms with Gasteiger partial charge in [0.1, 0.15) is 12.0 Å². The summed E-state index contributed by atoms with van der Waals surface area (Å²) in [6.07, 6.45) is 4.08. The molecule has 0 fully saturated rings. The largest absolute Gasteiger partial charge is 0.292 e. The van der Waals surface area contributed by atoms with Gasteiger partial charge in [-0.05, 0) is 35.3 Å². The van der Waals surface area contributed by atoms with Crippen LogP contribution >= 0.6 is 15.9 Å². The van der Waals surface area contributed by atoms with Crippen LogP contribution in [-0.4, -0.2) is 25.5 Å². The van der Waals surface area contributed by atoms with Crippen molar-refractivity contribution >= 4 is 21.7 Å². The summed E-state index contributed by atoms with van der Waals surface area (Å²) < 4.78 is 2.79. The van der Waals surface area contributed by atoms with Crippen molar-refractivity contribution in [2.45, 2.75) is 33.2 Å². The Bertz CT molecular complexity index is 580. The molecule has 100 valence electrons. The van der Waals surface area contributed by atoms with Gasteiger partial charge in [0.15, 0.2) is 5.78 Å². The van der Waals surface area contributed by atoms with Crippen molar-refractivity contribution in [2.75, 3.05) is 0 Å². The summed E-state index contributed by atoms with van der Waals surface area (Å²) in [5, 5.41) is 4.48. The molecule has 0 spiro atoms. The third-order valence-corrected chi connectivity index (χ3v) is 3.81. The number of aromatic nitrogens is 4. The molecule has 6 heteroatoms. The highest BCUT2D eigenvalue weighted by Crippen LogP contribution is 2.23. The van der Waals surface area contributed by atoms with Gasteiger partial charge >= 0.3 is 0 Å². The van der Waals surface area contributed by atoms with Crippen LogP contribution in [0.25, 0.3) is 0 Å². The quantitative estimate of drug-likeness (QED) is 0.793. The first-order valence-electron chi connectivity index (χ1n) is 6.20. The highest BCUT2D eigenvalue weighted by molar-refractivity contribution is 9.10. The molecule has 19 heavy (non-hydrogen) atoms. The zero-order valence-corrected chi connectivity index (χ0v) is 12.5. The van der Waals surface area contributed by atoms with Gasteiger partial charge in [0.05, 0.1) is 22.3 Å². The number of aryl methyl sites for hydroxylation is 2. The molecule has 0 radical (unpaired) electrons. The van der Waals surface area contributed by atoms with E-state index in [4.69, 9.17) is 0 Å². The number of ketones is 1. The number of carbonyl (C=O) groups is 1. The summed E-state index contributed by atoms with van der Waals surface area (Å²) in [4.78, 5) is 20.0. The van der Waals surface area contributed by atoms with Crippen LogP contribution in [0.4, 0.5) is 0 Å². The number of carbonyl (C=O) groups excluding carboxylic acids is 1. The number of rotatable bonds is 5. The lowest BCUT2D eigenvalue weighted by Crippen LogP contribution is -2.11. The molecule has 0 N–H and O–H groups in total. The number of halogens is 1. The van der Waals surface area contributed by atoms with Crippen LogP contribution in [0.15, 0.2) is 23.1 Å². The van der Waals surface area contributed by atoms with Crippen molar-refractivity contribution in [3.8, 4) is 0 Å². The van der Waals surface area contributed by atoms with Gasteiger partial charge in [-0.2, -0.15) is 5.10 Å². The van der Waals surface area contributed by atoms with Gasteiger partial charge in [0, 0.05) is 12.7 Å². The van der Waals surface area contributed by atoms with Gasteiger partial charge in [0.25, 0.3) is 0 Å². The first-order valence-corrected chi connectivity index (χ1v) is 6.99. The molecule has 0 aliphatic heterocycles. The van der Waals surface area contributed by atoms with Gasteiger partial charge in [0.2, 0.25) is 0 Å². The van der Waals surface area contributed by atoms with Crippen LogP contribution in [0.2, 0.25) is 0 Å². The van der Waals surface area contributed by atoms with Crippen LogP contribution in [0.5, 0.6) is 0 Å². The van der Waals surface area contributed by atoms with E-state index < -0.39 is 0 Å². The van der Waals surface area contributed by atoms with E-state index in [2.05, 4.69) is 31.0 Å². The first kappa shape index (κ1) is 13.9. The lowest BCUT2D eigenvalue weighted by atomic mass is 10.1. The summed E-state index contributed by atoms with van der Waals surface area (Å²) in [5.74, 6) is -0.0275. The van der Waals surface area contributed by atoms with Crippen LogP contribution in [0, 0.1) is 0 Å². The average molecular weight is 323 g/mol. The number of nitrogens with zero attached hydrogens (tertiary/aromatic N) is 4. The molecule has 0 aliphatic carbocycles. The zero-order valence-electron chi connectivity index (χ0n) is 10.9. The molecule has 2 heterocycles. The normalized spacial score (nSPS) is 10.7. The average Bonchev–Trinajstić information content (AvgIpc) is 2.76. The Morgan fingerprint density at radius 2 is 2.21 bits per heavy atom. The molecule has 0 aliphatic rings. The Morgan fingerprint density at radius 1 is 1.42 bits per heavy atom. The van der Waals surface area contributed by atoms with E-state index in [0.717, 1.165) is 28.8 Å². The molecule has 2 rings (SSSR count). The fourth-order valence-corrected chi connectivity index (χ4v) is 2.59. The van der Waals surface area contributed by atoms with Gasteiger partial charge < -0.3 is 0 Å². The Balaban J connectivity index is 2.28. The molecular weight excluding hydrogens is 308 g/mol. The molecule has 0 saturated heterocycles. The standard InChI is InChI=1S/C13H15BrN4O/c1-3-9-13(14)11(18(4-2)17-9)7-12(19)10-5-6-15-8-16-10/h5-6,8H,3-4,7H2,1-2H3. The smallest absolute Gasteiger partial charge is 0.187 e. The monoisotopic (exact) mass is 322 g/mol. The molecule has 2 aromatic rings. The molecule has 2 aromatic heterocycles. The molecule has 0 unspecified atom stereocenters. The van der Waals surface area contributed by atoms with Crippen molar-refractivity contribution in [3.63, 3.8) is 0 Å². The van der Waals surface area contributed by atoms with E-state index in [-0.39, 0.29) is 5.78 Å². The van der Waals surface area contributed by atoms with Crippen molar-refractivity contribution in [1.82, 2.24) is 19.7 Å². The van der Waals surface area contributed by atoms with Gasteiger partial charge in [-0.1, -0.05) is 6.92 Å². The SMILES string of the molecule is CCc1nn(CC)c(CC(=O)c2ccncn2)c1Br. The maximum atomic E-state index is 12.2. The van der Waals surface area contributed by atoms with E-state index in [9.17, 15) is 4.79 Å². The lowest BCUT2D eigenvalue weighted by Gasteiger charge is -2.04. The van der Waals surface area contributed by atoms with Gasteiger partial charge in [-0.15, -0.1) is 0 Å². The first-order chi connectivity index (χ1) is 9.17. The Hall–Kier alpha value is -1.56. The van der Waals surface area contributed by atoms with E-state index in [1.54, 1.807) is 12.3 Å². The Labute approximate surface area is 120 Å². The molecule has 0 aromatic carbocycles. The van der Waals surface area contributed by atoms with Gasteiger partial charge in [-0.25, -0.2) is 9.97 Å². The lowest BCUT2D eigenvalue weighted by molar-refractivity contribution is 0.0985. The zero-order chi connectivity index (χ0) is 13.8. The predicted octanol–water partition coefficient (Wildman–Crippen LogP) is 2.44. The second-order valence-corrected chi connectivity index (χ2v) is 4.86. The fraction of sp³-hybridized carbons (Fsp3) is 0.385. The maximum Gasteiger partial charge on any atom is 0.187 e. The minimum absolute atomic E-state index is 0.0275. The highest BCUT2D eigenvalue weighted by Gasteiger charge is 2.18. The summed E-state index contributed by atoms with van der Waals surface area (Å²) in [6.45, 7) is 4.80. The van der Waals surface area contributed by atoms with Crippen LogP contribution < -0.4 is 0 Å². The summed E-state index contributed by atoms with van der Waals surface area (Å²) in [6, 6.07) is 1.63. The minimum atomic E-state index is -0.0275. The number of Topliss-reactive ketones (excluding diaryl/α,β-unsaturated/α-hetero) is 1. The van der Waals surface area contributed by atoms with Gasteiger partial charge in [-0.3, -0.25) is 9.48 Å². The molecular formula is C13H15BrN4O. The number of hydrogen-bond donors (Lipinski definition) is 0. The number of hydrogen-bond acceptors (Lipinski definition) is 4. The highest BCUT2D eigenvalue weighted by atomic mass is 79.9. The second-order valence-electron chi connectivity index (χ2n) is 4.07. The van der Waals surface area contributed by atoms with Crippen LogP contribution in [0.1, 0.15) is 35.7 Å². The van der Waals surface area contributed by atoms with Crippen LogP contribution in [-0.2, 0) is 19.4 Å². The summed E-state index contributed by atoms with van der Waals surface area (Å²) in [5.41, 5.74) is 2.32. The molecule has 0 atom stereocenters. The fourth-order valence-electron chi connectivity index (χ4n) is 1.88.